The van der Waals surface area contributed by atoms with Gasteiger partial charge in [-0.25, -0.2) is 0 Å². The first-order valence-electron chi connectivity index (χ1n) is 7.54. The number of nitrogens with one attached hydrogen (secondary N) is 1. The molecule has 0 unspecified atom stereocenters. The summed E-state index contributed by atoms with van der Waals surface area (Å²) in [5, 5.41) is 2.98. The van der Waals surface area contributed by atoms with Gasteiger partial charge in [-0.3, -0.25) is 4.79 Å². The first-order valence-corrected chi connectivity index (χ1v) is 7.54. The predicted octanol–water partition coefficient (Wildman–Crippen LogP) is 1.11. The summed E-state index contributed by atoms with van der Waals surface area (Å²) in [5.41, 5.74) is 6.36. The molecular formula is C16H24N2O3. The molecule has 0 aromatic heterocycles. The fraction of sp³-hybridized carbons (Fsp3) is 0.562. The number of hydrogen-bond acceptors (Lipinski definition) is 4. The molecule has 3 N–H and O–H groups in total. The Labute approximate surface area is 125 Å². The van der Waals surface area contributed by atoms with Crippen LogP contribution in [0.5, 0.6) is 5.75 Å². The molecule has 1 aromatic carbocycles. The fourth-order valence-electron chi connectivity index (χ4n) is 2.35. The van der Waals surface area contributed by atoms with Crippen LogP contribution in [0.15, 0.2) is 24.3 Å². The van der Waals surface area contributed by atoms with E-state index in [0.29, 0.717) is 32.0 Å². The standard InChI is InChI=1S/C16H24N2O3/c17-7-9-21-15-5-3-13(4-6-15)10-16(19)18-11-14-2-1-8-20-12-14/h3-6,14H,1-2,7-12,17H2,(H,18,19)/t14-/m1/s1. The lowest BCUT2D eigenvalue weighted by molar-refractivity contribution is -0.120. The zero-order chi connectivity index (χ0) is 14.9. The van der Waals surface area contributed by atoms with Gasteiger partial charge in [0.05, 0.1) is 13.0 Å². The van der Waals surface area contributed by atoms with Gasteiger partial charge in [-0.1, -0.05) is 12.1 Å². The summed E-state index contributed by atoms with van der Waals surface area (Å²) in [6, 6.07) is 7.56. The van der Waals surface area contributed by atoms with Gasteiger partial charge in [-0.2, -0.15) is 0 Å². The van der Waals surface area contributed by atoms with Crippen molar-refractivity contribution in [2.45, 2.75) is 19.3 Å². The molecule has 1 heterocycles. The normalized spacial score (nSPS) is 18.2. The molecule has 0 bridgehead atoms. The number of ether oxygens (including phenoxy) is 2. The third-order valence-electron chi connectivity index (χ3n) is 3.52. The van der Waals surface area contributed by atoms with Crippen LogP contribution < -0.4 is 15.8 Å². The zero-order valence-electron chi connectivity index (χ0n) is 12.3. The molecule has 116 valence electrons. The average Bonchev–Trinajstić information content (AvgIpc) is 2.53. The molecule has 1 amide bonds. The first-order chi connectivity index (χ1) is 10.3. The Kier molecular flexibility index (Phi) is 6.50. The van der Waals surface area contributed by atoms with Crippen molar-refractivity contribution in [3.05, 3.63) is 29.8 Å². The van der Waals surface area contributed by atoms with Crippen molar-refractivity contribution in [3.63, 3.8) is 0 Å². The van der Waals surface area contributed by atoms with E-state index in [2.05, 4.69) is 5.32 Å². The molecule has 1 aliphatic rings. The van der Waals surface area contributed by atoms with Gasteiger partial charge in [0.1, 0.15) is 12.4 Å². The maximum absolute atomic E-state index is 11.9. The molecule has 21 heavy (non-hydrogen) atoms. The summed E-state index contributed by atoms with van der Waals surface area (Å²) in [6.45, 7) is 3.31. The van der Waals surface area contributed by atoms with Gasteiger partial charge in [-0.15, -0.1) is 0 Å². The second-order valence-electron chi connectivity index (χ2n) is 5.35. The first kappa shape index (κ1) is 15.8. The Morgan fingerprint density at radius 3 is 2.86 bits per heavy atom. The maximum atomic E-state index is 11.9. The van der Waals surface area contributed by atoms with Gasteiger partial charge in [0.15, 0.2) is 0 Å². The van der Waals surface area contributed by atoms with Gasteiger partial charge in [0.2, 0.25) is 5.91 Å². The average molecular weight is 292 g/mol. The lowest BCUT2D eigenvalue weighted by Crippen LogP contribution is -2.34. The van der Waals surface area contributed by atoms with E-state index in [0.717, 1.165) is 37.4 Å². The predicted molar refractivity (Wildman–Crippen MR) is 81.2 cm³/mol. The lowest BCUT2D eigenvalue weighted by Gasteiger charge is -2.22. The van der Waals surface area contributed by atoms with Gasteiger partial charge >= 0.3 is 0 Å². The maximum Gasteiger partial charge on any atom is 0.224 e. The van der Waals surface area contributed by atoms with E-state index in [1.165, 1.54) is 0 Å². The van der Waals surface area contributed by atoms with Crippen molar-refractivity contribution in [3.8, 4) is 5.75 Å². The summed E-state index contributed by atoms with van der Waals surface area (Å²) < 4.78 is 10.8. The van der Waals surface area contributed by atoms with Crippen LogP contribution >= 0.6 is 0 Å². The van der Waals surface area contributed by atoms with Crippen LogP contribution in [0.2, 0.25) is 0 Å². The van der Waals surface area contributed by atoms with Crippen LogP contribution in [-0.2, 0) is 16.0 Å². The quantitative estimate of drug-likeness (QED) is 0.789. The van der Waals surface area contributed by atoms with Gasteiger partial charge in [0.25, 0.3) is 0 Å². The molecule has 1 aromatic rings. The van der Waals surface area contributed by atoms with Crippen molar-refractivity contribution in [2.75, 3.05) is 32.9 Å². The van der Waals surface area contributed by atoms with E-state index in [1.54, 1.807) is 0 Å². The van der Waals surface area contributed by atoms with Crippen molar-refractivity contribution >= 4 is 5.91 Å². The molecule has 1 atom stereocenters. The summed E-state index contributed by atoms with van der Waals surface area (Å²) in [5.74, 6) is 1.29. The minimum absolute atomic E-state index is 0.0520. The molecule has 0 spiro atoms. The fourth-order valence-corrected chi connectivity index (χ4v) is 2.35. The summed E-state index contributed by atoms with van der Waals surface area (Å²) in [6.07, 6.45) is 2.61. The summed E-state index contributed by atoms with van der Waals surface area (Å²) >= 11 is 0. The molecular weight excluding hydrogens is 268 g/mol. The number of nitrogens with two attached hydrogens (primary N) is 1. The van der Waals surface area contributed by atoms with E-state index in [1.807, 2.05) is 24.3 Å². The number of hydrogen-bond donors (Lipinski definition) is 2. The van der Waals surface area contributed by atoms with Crippen LogP contribution in [0.1, 0.15) is 18.4 Å². The van der Waals surface area contributed by atoms with Crippen molar-refractivity contribution in [1.82, 2.24) is 5.32 Å². The van der Waals surface area contributed by atoms with Crippen molar-refractivity contribution in [1.29, 1.82) is 0 Å². The number of amides is 1. The highest BCUT2D eigenvalue weighted by molar-refractivity contribution is 5.78. The third-order valence-corrected chi connectivity index (χ3v) is 3.52. The highest BCUT2D eigenvalue weighted by Gasteiger charge is 2.14. The van der Waals surface area contributed by atoms with Crippen LogP contribution in [-0.4, -0.2) is 38.8 Å². The Balaban J connectivity index is 1.71. The van der Waals surface area contributed by atoms with Gasteiger partial charge in [-0.05, 0) is 36.5 Å². The molecule has 0 aliphatic carbocycles. The molecule has 0 radical (unpaired) electrons. The van der Waals surface area contributed by atoms with E-state index in [9.17, 15) is 4.79 Å². The van der Waals surface area contributed by atoms with E-state index < -0.39 is 0 Å². The van der Waals surface area contributed by atoms with Crippen LogP contribution in [0.3, 0.4) is 0 Å². The van der Waals surface area contributed by atoms with Crippen LogP contribution in [0, 0.1) is 5.92 Å². The minimum Gasteiger partial charge on any atom is -0.492 e. The van der Waals surface area contributed by atoms with Crippen molar-refractivity contribution < 1.29 is 14.3 Å². The molecule has 5 heteroatoms. The Morgan fingerprint density at radius 2 is 2.19 bits per heavy atom. The van der Waals surface area contributed by atoms with E-state index in [4.69, 9.17) is 15.2 Å². The Bertz CT molecular complexity index is 428. The number of benzene rings is 1. The molecule has 1 aliphatic heterocycles. The summed E-state index contributed by atoms with van der Waals surface area (Å²) in [4.78, 5) is 11.9. The Morgan fingerprint density at radius 1 is 1.38 bits per heavy atom. The zero-order valence-corrected chi connectivity index (χ0v) is 12.3. The second-order valence-corrected chi connectivity index (χ2v) is 5.35. The lowest BCUT2D eigenvalue weighted by atomic mass is 10.0. The van der Waals surface area contributed by atoms with Gasteiger partial charge < -0.3 is 20.5 Å². The Hall–Kier alpha value is -1.59. The number of rotatable bonds is 7. The largest absolute Gasteiger partial charge is 0.492 e. The molecule has 5 nitrogen and oxygen atoms in total. The smallest absolute Gasteiger partial charge is 0.224 e. The van der Waals surface area contributed by atoms with E-state index in [-0.39, 0.29) is 5.91 Å². The highest BCUT2D eigenvalue weighted by atomic mass is 16.5. The summed E-state index contributed by atoms with van der Waals surface area (Å²) in [7, 11) is 0. The highest BCUT2D eigenvalue weighted by Crippen LogP contribution is 2.13. The van der Waals surface area contributed by atoms with Crippen molar-refractivity contribution in [2.24, 2.45) is 11.7 Å². The number of carbonyl (C=O) groups is 1. The monoisotopic (exact) mass is 292 g/mol. The molecule has 0 saturated carbocycles. The molecule has 2 rings (SSSR count). The van der Waals surface area contributed by atoms with Gasteiger partial charge in [0, 0.05) is 19.7 Å². The molecule has 1 saturated heterocycles. The van der Waals surface area contributed by atoms with Crippen LogP contribution in [0.25, 0.3) is 0 Å². The second kappa shape index (κ2) is 8.64. The van der Waals surface area contributed by atoms with E-state index >= 15 is 0 Å². The number of carbonyl (C=O) groups excluding carboxylic acids is 1. The topological polar surface area (TPSA) is 73.6 Å². The third kappa shape index (κ3) is 5.73. The molecule has 1 fully saturated rings. The minimum atomic E-state index is 0.0520. The SMILES string of the molecule is NCCOc1ccc(CC(=O)NC[C@H]2CCCOC2)cc1. The van der Waals surface area contributed by atoms with Crippen LogP contribution in [0.4, 0.5) is 0 Å².